The van der Waals surface area contributed by atoms with Crippen molar-refractivity contribution in [2.45, 2.75) is 54.6 Å². The van der Waals surface area contributed by atoms with Crippen LogP contribution in [-0.4, -0.2) is 37.2 Å². The summed E-state index contributed by atoms with van der Waals surface area (Å²) in [4.78, 5) is 4.78. The van der Waals surface area contributed by atoms with Gasteiger partial charge in [-0.05, 0) is 107 Å². The minimum absolute atomic E-state index is 0.129. The van der Waals surface area contributed by atoms with Crippen LogP contribution in [0.3, 0.4) is 0 Å². The van der Waals surface area contributed by atoms with Crippen LogP contribution in [0.15, 0.2) is 107 Å². The molecule has 0 saturated carbocycles. The summed E-state index contributed by atoms with van der Waals surface area (Å²) in [5.74, 6) is 0.909. The fourth-order valence-corrected chi connectivity index (χ4v) is 5.44. The third-order valence-electron chi connectivity index (χ3n) is 7.53. The van der Waals surface area contributed by atoms with E-state index in [0.717, 1.165) is 37.5 Å². The van der Waals surface area contributed by atoms with E-state index in [4.69, 9.17) is 4.74 Å². The summed E-state index contributed by atoms with van der Waals surface area (Å²) in [7, 11) is 0. The maximum Gasteiger partial charge on any atom is 0.145 e. The van der Waals surface area contributed by atoms with Crippen LogP contribution < -0.4 is 4.90 Å². The quantitative estimate of drug-likeness (QED) is 0.291. The minimum Gasteiger partial charge on any atom is -0.481 e. The average Bonchev–Trinajstić information content (AvgIpc) is 2.94. The average molecular weight is 521 g/mol. The first-order chi connectivity index (χ1) is 18.9. The Morgan fingerprint density at radius 2 is 1.56 bits per heavy atom. The van der Waals surface area contributed by atoms with Crippen LogP contribution in [-0.2, 0) is 4.74 Å². The van der Waals surface area contributed by atoms with E-state index in [2.05, 4.69) is 137 Å². The highest BCUT2D eigenvalue weighted by molar-refractivity contribution is 5.82. The van der Waals surface area contributed by atoms with Crippen LogP contribution >= 0.6 is 0 Å². The predicted molar refractivity (Wildman–Crippen MR) is 169 cm³/mol. The van der Waals surface area contributed by atoms with Crippen molar-refractivity contribution < 1.29 is 4.74 Å². The summed E-state index contributed by atoms with van der Waals surface area (Å²) < 4.78 is 6.63. The van der Waals surface area contributed by atoms with E-state index in [9.17, 15) is 0 Å². The standard InChI is InChI=1S/C36H44N2O/c1-8-37(9-2)31-17-19-33(27(7)22-31)29(21-26(5)6)23-30-24-35(28-15-13-12-14-16-28)39-36-25-32(18-20-34(30)36)38(10-3)11-4/h12-25,36H,8-11H2,1-7H3/b29-23+. The highest BCUT2D eigenvalue weighted by Gasteiger charge is 2.26. The number of anilines is 1. The summed E-state index contributed by atoms with van der Waals surface area (Å²) in [6, 6.07) is 17.3. The molecule has 2 aromatic carbocycles. The van der Waals surface area contributed by atoms with E-state index in [1.54, 1.807) is 0 Å². The molecule has 4 rings (SSSR count). The molecule has 1 heterocycles. The van der Waals surface area contributed by atoms with Crippen molar-refractivity contribution in [2.24, 2.45) is 0 Å². The largest absolute Gasteiger partial charge is 0.481 e. The van der Waals surface area contributed by atoms with E-state index in [-0.39, 0.29) is 6.10 Å². The van der Waals surface area contributed by atoms with Gasteiger partial charge in [0.15, 0.2) is 0 Å². The number of nitrogens with zero attached hydrogens (tertiary/aromatic N) is 2. The molecule has 1 atom stereocenters. The molecule has 204 valence electrons. The lowest BCUT2D eigenvalue weighted by Gasteiger charge is -2.32. The van der Waals surface area contributed by atoms with Gasteiger partial charge in [-0.2, -0.15) is 0 Å². The van der Waals surface area contributed by atoms with Crippen molar-refractivity contribution in [3.63, 3.8) is 0 Å². The molecule has 3 heteroatoms. The van der Waals surface area contributed by atoms with Gasteiger partial charge in [-0.15, -0.1) is 0 Å². The second-order valence-corrected chi connectivity index (χ2v) is 10.4. The summed E-state index contributed by atoms with van der Waals surface area (Å²) in [5, 5.41) is 0. The zero-order chi connectivity index (χ0) is 27.9. The first kappa shape index (κ1) is 28.3. The summed E-state index contributed by atoms with van der Waals surface area (Å²) in [6.07, 6.45) is 13.5. The van der Waals surface area contributed by atoms with Crippen molar-refractivity contribution in [1.82, 2.24) is 4.90 Å². The molecule has 1 aliphatic heterocycles. The van der Waals surface area contributed by atoms with E-state index in [0.29, 0.717) is 0 Å². The second kappa shape index (κ2) is 12.9. The molecule has 0 N–H and O–H groups in total. The van der Waals surface area contributed by atoms with Gasteiger partial charge in [0, 0.05) is 48.7 Å². The molecule has 0 aromatic heterocycles. The monoisotopic (exact) mass is 520 g/mol. The lowest BCUT2D eigenvalue weighted by atomic mass is 9.89. The summed E-state index contributed by atoms with van der Waals surface area (Å²) >= 11 is 0. The van der Waals surface area contributed by atoms with Crippen molar-refractivity contribution in [2.75, 3.05) is 31.1 Å². The number of hydrogen-bond donors (Lipinski definition) is 0. The normalized spacial score (nSPS) is 16.7. The number of rotatable bonds is 10. The molecule has 3 nitrogen and oxygen atoms in total. The van der Waals surface area contributed by atoms with Crippen LogP contribution in [0.1, 0.15) is 58.2 Å². The Hall–Kier alpha value is -3.72. The van der Waals surface area contributed by atoms with Gasteiger partial charge in [0.2, 0.25) is 0 Å². The fraction of sp³-hybridized carbons (Fsp3) is 0.333. The van der Waals surface area contributed by atoms with Crippen molar-refractivity contribution in [1.29, 1.82) is 0 Å². The van der Waals surface area contributed by atoms with Crippen molar-refractivity contribution in [3.05, 3.63) is 124 Å². The molecule has 0 fully saturated rings. The zero-order valence-electron chi connectivity index (χ0n) is 24.8. The topological polar surface area (TPSA) is 15.7 Å². The van der Waals surface area contributed by atoms with Gasteiger partial charge in [0.25, 0.3) is 0 Å². The van der Waals surface area contributed by atoms with Gasteiger partial charge in [0.1, 0.15) is 11.9 Å². The van der Waals surface area contributed by atoms with Gasteiger partial charge in [-0.3, -0.25) is 0 Å². The molecule has 39 heavy (non-hydrogen) atoms. The van der Waals surface area contributed by atoms with Gasteiger partial charge in [-0.25, -0.2) is 0 Å². The Balaban J connectivity index is 1.86. The van der Waals surface area contributed by atoms with E-state index in [1.165, 1.54) is 44.8 Å². The lowest BCUT2D eigenvalue weighted by molar-refractivity contribution is 0.236. The van der Waals surface area contributed by atoms with Crippen molar-refractivity contribution in [3.8, 4) is 0 Å². The molecular formula is C36H44N2O. The third kappa shape index (κ3) is 6.47. The second-order valence-electron chi connectivity index (χ2n) is 10.4. The molecule has 0 saturated heterocycles. The summed E-state index contributed by atoms with van der Waals surface area (Å²) in [5.41, 5.74) is 11.0. The molecular weight excluding hydrogens is 476 g/mol. The number of ether oxygens (including phenoxy) is 1. The molecule has 0 bridgehead atoms. The molecule has 0 amide bonds. The maximum atomic E-state index is 6.63. The molecule has 2 aromatic rings. The number of benzene rings is 2. The highest BCUT2D eigenvalue weighted by Crippen LogP contribution is 2.37. The zero-order valence-corrected chi connectivity index (χ0v) is 24.8. The first-order valence-corrected chi connectivity index (χ1v) is 14.4. The fourth-order valence-electron chi connectivity index (χ4n) is 5.44. The minimum atomic E-state index is -0.129. The number of fused-ring (bicyclic) bond motifs is 1. The number of aryl methyl sites for hydroxylation is 1. The summed E-state index contributed by atoms with van der Waals surface area (Å²) in [6.45, 7) is 19.4. The third-order valence-corrected chi connectivity index (χ3v) is 7.53. The number of hydrogen-bond acceptors (Lipinski definition) is 3. The highest BCUT2D eigenvalue weighted by atomic mass is 16.5. The molecule has 2 aliphatic rings. The predicted octanol–water partition coefficient (Wildman–Crippen LogP) is 8.72. The Bertz CT molecular complexity index is 1340. The van der Waals surface area contributed by atoms with Crippen LogP contribution in [0.5, 0.6) is 0 Å². The Labute approximate surface area is 236 Å². The maximum absolute atomic E-state index is 6.63. The number of likely N-dealkylation sites (N-methyl/N-ethyl adjacent to an activating group) is 1. The molecule has 0 spiro atoms. The van der Waals surface area contributed by atoms with Gasteiger partial charge in [0.05, 0.1) is 0 Å². The SMILES string of the molecule is CCN(CC)C1=CC2OC(c3ccccc3)=CC(/C=C(\C=C(C)C)c3ccc(N(CC)CC)cc3C)=C2C=C1. The Morgan fingerprint density at radius 3 is 2.18 bits per heavy atom. The van der Waals surface area contributed by atoms with Crippen LogP contribution in [0.4, 0.5) is 5.69 Å². The van der Waals surface area contributed by atoms with Gasteiger partial charge in [-0.1, -0.05) is 54.1 Å². The van der Waals surface area contributed by atoms with Crippen LogP contribution in [0, 0.1) is 6.92 Å². The first-order valence-electron chi connectivity index (χ1n) is 14.4. The van der Waals surface area contributed by atoms with Crippen LogP contribution in [0.2, 0.25) is 0 Å². The van der Waals surface area contributed by atoms with Crippen LogP contribution in [0.25, 0.3) is 11.3 Å². The van der Waals surface area contributed by atoms with Crippen molar-refractivity contribution >= 4 is 17.0 Å². The molecule has 1 aliphatic carbocycles. The van der Waals surface area contributed by atoms with E-state index in [1.807, 2.05) is 6.07 Å². The van der Waals surface area contributed by atoms with E-state index < -0.39 is 0 Å². The Kier molecular flexibility index (Phi) is 9.35. The van der Waals surface area contributed by atoms with Gasteiger partial charge < -0.3 is 14.5 Å². The van der Waals surface area contributed by atoms with E-state index >= 15 is 0 Å². The smallest absolute Gasteiger partial charge is 0.145 e. The van der Waals surface area contributed by atoms with Gasteiger partial charge >= 0.3 is 0 Å². The Morgan fingerprint density at radius 1 is 0.872 bits per heavy atom. The molecule has 1 unspecified atom stereocenters. The molecule has 0 radical (unpaired) electrons. The lowest BCUT2D eigenvalue weighted by Crippen LogP contribution is -2.27. The number of allylic oxidation sites excluding steroid dienone is 7.